The van der Waals surface area contributed by atoms with Crippen LogP contribution < -0.4 is 5.32 Å². The summed E-state index contributed by atoms with van der Waals surface area (Å²) in [6.45, 7) is 5.70. The van der Waals surface area contributed by atoms with Crippen molar-refractivity contribution >= 4 is 40.0 Å². The summed E-state index contributed by atoms with van der Waals surface area (Å²) in [7, 11) is 0. The van der Waals surface area contributed by atoms with E-state index in [0.29, 0.717) is 6.41 Å². The molecule has 0 saturated carbocycles. The van der Waals surface area contributed by atoms with Gasteiger partial charge in [-0.05, 0) is 61.3 Å². The number of likely N-dealkylation sites (tertiary alicyclic amines) is 1. The summed E-state index contributed by atoms with van der Waals surface area (Å²) in [5.41, 5.74) is 1.97. The maximum absolute atomic E-state index is 12.8. The number of hydrogen-bond acceptors (Lipinski definition) is 4. The van der Waals surface area contributed by atoms with Gasteiger partial charge in [0.1, 0.15) is 5.00 Å². The number of rotatable bonds is 3. The van der Waals surface area contributed by atoms with Crippen molar-refractivity contribution in [3.8, 4) is 0 Å². The van der Waals surface area contributed by atoms with Crippen LogP contribution >= 0.6 is 22.7 Å². The van der Waals surface area contributed by atoms with Crippen LogP contribution in [0.15, 0.2) is 22.9 Å². The third-order valence-corrected chi connectivity index (χ3v) is 6.50. The molecule has 4 nitrogen and oxygen atoms in total. The number of thiophene rings is 2. The first-order valence-electron chi connectivity index (χ1n) is 9.92. The summed E-state index contributed by atoms with van der Waals surface area (Å²) >= 11 is 3.30. The lowest BCUT2D eigenvalue weighted by Gasteiger charge is -2.27. The SMILES string of the molecule is CC.O=CNc1sc2c(c1C(=O)N1CCCCC1)CCCC2.c1ccsc1. The molecular formula is C21H30N2O2S2. The van der Waals surface area contributed by atoms with Crippen LogP contribution in [-0.4, -0.2) is 30.3 Å². The van der Waals surface area contributed by atoms with E-state index in [1.807, 2.05) is 41.6 Å². The Morgan fingerprint density at radius 2 is 1.70 bits per heavy atom. The Morgan fingerprint density at radius 3 is 2.30 bits per heavy atom. The van der Waals surface area contributed by atoms with Crippen LogP contribution in [0.2, 0.25) is 0 Å². The van der Waals surface area contributed by atoms with Crippen LogP contribution in [0.3, 0.4) is 0 Å². The molecule has 27 heavy (non-hydrogen) atoms. The van der Waals surface area contributed by atoms with E-state index in [1.54, 1.807) is 22.7 Å². The molecule has 1 aliphatic heterocycles. The number of carbonyl (C=O) groups is 2. The summed E-state index contributed by atoms with van der Waals surface area (Å²) in [5, 5.41) is 7.58. The topological polar surface area (TPSA) is 49.4 Å². The van der Waals surface area contributed by atoms with Gasteiger partial charge >= 0.3 is 0 Å². The molecule has 4 rings (SSSR count). The van der Waals surface area contributed by atoms with Crippen LogP contribution in [0.5, 0.6) is 0 Å². The van der Waals surface area contributed by atoms with E-state index >= 15 is 0 Å². The van der Waals surface area contributed by atoms with Crippen molar-refractivity contribution in [2.24, 2.45) is 0 Å². The van der Waals surface area contributed by atoms with Gasteiger partial charge in [-0.2, -0.15) is 11.3 Å². The Labute approximate surface area is 170 Å². The number of nitrogens with zero attached hydrogens (tertiary/aromatic N) is 1. The normalized spacial score (nSPS) is 15.4. The molecule has 0 atom stereocenters. The molecule has 2 aliphatic rings. The Hall–Kier alpha value is -1.66. The van der Waals surface area contributed by atoms with Gasteiger partial charge in [-0.25, -0.2) is 0 Å². The van der Waals surface area contributed by atoms with E-state index in [-0.39, 0.29) is 5.91 Å². The van der Waals surface area contributed by atoms with Gasteiger partial charge in [-0.3, -0.25) is 9.59 Å². The van der Waals surface area contributed by atoms with Crippen molar-refractivity contribution in [1.29, 1.82) is 0 Å². The van der Waals surface area contributed by atoms with E-state index in [1.165, 1.54) is 23.3 Å². The molecule has 0 radical (unpaired) electrons. The number of hydrogen-bond donors (Lipinski definition) is 1. The summed E-state index contributed by atoms with van der Waals surface area (Å²) in [6, 6.07) is 4.04. The Bertz CT molecular complexity index is 672. The molecule has 1 saturated heterocycles. The molecule has 1 aliphatic carbocycles. The highest BCUT2D eigenvalue weighted by Gasteiger charge is 2.28. The predicted octanol–water partition coefficient (Wildman–Crippen LogP) is 5.60. The van der Waals surface area contributed by atoms with Crippen LogP contribution in [0.4, 0.5) is 5.00 Å². The zero-order chi connectivity index (χ0) is 19.5. The monoisotopic (exact) mass is 406 g/mol. The molecule has 0 spiro atoms. The van der Waals surface area contributed by atoms with E-state index in [2.05, 4.69) is 5.32 Å². The van der Waals surface area contributed by atoms with Gasteiger partial charge in [-0.1, -0.05) is 26.0 Å². The standard InChI is InChI=1S/C15H20N2O2S.C4H4S.C2H6/c18-10-16-14-13(11-6-2-3-7-12(11)20-14)15(19)17-8-4-1-5-9-17;1-2-4-5-3-1;1-2/h10H,1-9H2,(H,16,18);1-4H;1-2H3. The minimum Gasteiger partial charge on any atom is -0.339 e. The molecule has 0 unspecified atom stereocenters. The van der Waals surface area contributed by atoms with Gasteiger partial charge in [-0.15, -0.1) is 11.3 Å². The molecule has 2 aromatic heterocycles. The molecule has 0 bridgehead atoms. The molecular weight excluding hydrogens is 376 g/mol. The van der Waals surface area contributed by atoms with Crippen molar-refractivity contribution in [3.05, 3.63) is 38.9 Å². The third kappa shape index (κ3) is 5.91. The molecule has 3 heterocycles. The largest absolute Gasteiger partial charge is 0.339 e. The zero-order valence-corrected chi connectivity index (χ0v) is 18.0. The van der Waals surface area contributed by atoms with Gasteiger partial charge in [0, 0.05) is 18.0 Å². The second-order valence-corrected chi connectivity index (χ2v) is 8.24. The van der Waals surface area contributed by atoms with E-state index in [0.717, 1.165) is 55.8 Å². The summed E-state index contributed by atoms with van der Waals surface area (Å²) in [5.74, 6) is 0.119. The highest BCUT2D eigenvalue weighted by molar-refractivity contribution is 7.17. The van der Waals surface area contributed by atoms with Crippen molar-refractivity contribution in [3.63, 3.8) is 0 Å². The quantitative estimate of drug-likeness (QED) is 0.675. The number of piperidine rings is 1. The third-order valence-electron chi connectivity index (χ3n) is 4.64. The second-order valence-electron chi connectivity index (χ2n) is 6.32. The van der Waals surface area contributed by atoms with Crippen molar-refractivity contribution in [1.82, 2.24) is 4.90 Å². The number of amides is 2. The highest BCUT2D eigenvalue weighted by atomic mass is 32.1. The number of nitrogens with one attached hydrogen (secondary N) is 1. The Balaban J connectivity index is 0.000000318. The Kier molecular flexibility index (Phi) is 9.56. The molecule has 6 heteroatoms. The second kappa shape index (κ2) is 11.9. The molecule has 2 aromatic rings. The number of aryl methyl sites for hydroxylation is 1. The fraction of sp³-hybridized carbons (Fsp3) is 0.524. The van der Waals surface area contributed by atoms with Gasteiger partial charge < -0.3 is 10.2 Å². The molecule has 1 fully saturated rings. The summed E-state index contributed by atoms with van der Waals surface area (Å²) in [4.78, 5) is 26.9. The fourth-order valence-corrected chi connectivity index (χ4v) is 5.12. The first kappa shape index (κ1) is 21.6. The van der Waals surface area contributed by atoms with Crippen LogP contribution in [0, 0.1) is 0 Å². The zero-order valence-electron chi connectivity index (χ0n) is 16.3. The van der Waals surface area contributed by atoms with Gasteiger partial charge in [0.15, 0.2) is 0 Å². The van der Waals surface area contributed by atoms with Crippen molar-refractivity contribution in [2.45, 2.75) is 58.8 Å². The lowest BCUT2D eigenvalue weighted by atomic mass is 9.94. The minimum atomic E-state index is 0.119. The van der Waals surface area contributed by atoms with Crippen molar-refractivity contribution in [2.75, 3.05) is 18.4 Å². The predicted molar refractivity (Wildman–Crippen MR) is 116 cm³/mol. The summed E-state index contributed by atoms with van der Waals surface area (Å²) in [6.07, 6.45) is 8.43. The van der Waals surface area contributed by atoms with Gasteiger partial charge in [0.25, 0.3) is 5.91 Å². The average Bonchev–Trinajstić information content (AvgIpc) is 3.41. The smallest absolute Gasteiger partial charge is 0.257 e. The number of carbonyl (C=O) groups excluding carboxylic acids is 2. The first-order valence-corrected chi connectivity index (χ1v) is 11.7. The van der Waals surface area contributed by atoms with Crippen LogP contribution in [0.25, 0.3) is 0 Å². The molecule has 148 valence electrons. The van der Waals surface area contributed by atoms with Crippen molar-refractivity contribution < 1.29 is 9.59 Å². The molecule has 1 N–H and O–H groups in total. The highest BCUT2D eigenvalue weighted by Crippen LogP contribution is 2.38. The lowest BCUT2D eigenvalue weighted by Crippen LogP contribution is -2.36. The molecule has 0 aromatic carbocycles. The van der Waals surface area contributed by atoms with Gasteiger partial charge in [0.2, 0.25) is 6.41 Å². The van der Waals surface area contributed by atoms with Crippen LogP contribution in [-0.2, 0) is 17.6 Å². The number of anilines is 1. The lowest BCUT2D eigenvalue weighted by molar-refractivity contribution is -0.105. The fourth-order valence-electron chi connectivity index (χ4n) is 3.43. The Morgan fingerprint density at radius 1 is 1.04 bits per heavy atom. The maximum atomic E-state index is 12.8. The summed E-state index contributed by atoms with van der Waals surface area (Å²) < 4.78 is 0. The van der Waals surface area contributed by atoms with E-state index < -0.39 is 0 Å². The average molecular weight is 407 g/mol. The van der Waals surface area contributed by atoms with E-state index in [9.17, 15) is 9.59 Å². The number of fused-ring (bicyclic) bond motifs is 1. The van der Waals surface area contributed by atoms with Crippen LogP contribution in [0.1, 0.15) is 66.8 Å². The maximum Gasteiger partial charge on any atom is 0.257 e. The molecule has 2 amide bonds. The van der Waals surface area contributed by atoms with Gasteiger partial charge in [0.05, 0.1) is 5.56 Å². The first-order chi connectivity index (χ1) is 13.3. The van der Waals surface area contributed by atoms with E-state index in [4.69, 9.17) is 0 Å². The minimum absolute atomic E-state index is 0.119.